The third kappa shape index (κ3) is 4.48. The third-order valence-corrected chi connectivity index (χ3v) is 4.75. The van der Waals surface area contributed by atoms with E-state index in [1.165, 1.54) is 10.5 Å². The normalized spacial score (nSPS) is 25.6. The highest BCUT2D eigenvalue weighted by Gasteiger charge is 2.31. The summed E-state index contributed by atoms with van der Waals surface area (Å²) in [6.07, 6.45) is 4.09. The summed E-state index contributed by atoms with van der Waals surface area (Å²) in [5, 5.41) is 0. The molecule has 0 N–H and O–H groups in total. The van der Waals surface area contributed by atoms with Crippen LogP contribution in [0.1, 0.15) is 32.3 Å². The van der Waals surface area contributed by atoms with Crippen molar-refractivity contribution in [2.24, 2.45) is 5.92 Å². The molecule has 2 atom stereocenters. The fraction of sp³-hybridized carbons (Fsp3) is 0.588. The van der Waals surface area contributed by atoms with Crippen LogP contribution in [0.25, 0.3) is 0 Å². The lowest BCUT2D eigenvalue weighted by Gasteiger charge is -2.33. The quantitative estimate of drug-likeness (QED) is 0.796. The molecule has 1 heterocycles. The predicted molar refractivity (Wildman–Crippen MR) is 87.4 cm³/mol. The highest BCUT2D eigenvalue weighted by Crippen LogP contribution is 2.26. The molecule has 0 unspecified atom stereocenters. The summed E-state index contributed by atoms with van der Waals surface area (Å²) >= 11 is 1.73. The molecule has 1 aliphatic rings. The van der Waals surface area contributed by atoms with Crippen molar-refractivity contribution in [2.75, 3.05) is 13.3 Å². The molecule has 3 nitrogen and oxygen atoms in total. The molecule has 1 fully saturated rings. The first kappa shape index (κ1) is 16.4. The maximum absolute atomic E-state index is 12.6. The number of benzene rings is 1. The van der Waals surface area contributed by atoms with E-state index in [9.17, 15) is 4.79 Å². The van der Waals surface area contributed by atoms with E-state index in [0.29, 0.717) is 6.54 Å². The Morgan fingerprint density at radius 2 is 1.81 bits per heavy atom. The van der Waals surface area contributed by atoms with E-state index in [4.69, 9.17) is 4.74 Å². The lowest BCUT2D eigenvalue weighted by Crippen LogP contribution is -2.39. The van der Waals surface area contributed by atoms with Crippen molar-refractivity contribution in [3.8, 4) is 0 Å². The lowest BCUT2D eigenvalue weighted by molar-refractivity contribution is -0.142. The molecule has 0 bridgehead atoms. The van der Waals surface area contributed by atoms with Gasteiger partial charge in [0.15, 0.2) is 0 Å². The Morgan fingerprint density at radius 3 is 2.33 bits per heavy atom. The highest BCUT2D eigenvalue weighted by atomic mass is 32.2. The van der Waals surface area contributed by atoms with Crippen LogP contribution in [0.5, 0.6) is 0 Å². The zero-order chi connectivity index (χ0) is 15.4. The molecule has 4 heteroatoms. The van der Waals surface area contributed by atoms with Crippen LogP contribution in [0, 0.1) is 5.92 Å². The molecule has 1 aliphatic heterocycles. The Balaban J connectivity index is 1.95. The van der Waals surface area contributed by atoms with Gasteiger partial charge in [-0.15, -0.1) is 11.8 Å². The summed E-state index contributed by atoms with van der Waals surface area (Å²) < 4.78 is 5.72. The molecule has 2 rings (SSSR count). The average molecular weight is 307 g/mol. The fourth-order valence-corrected chi connectivity index (χ4v) is 3.41. The topological polar surface area (TPSA) is 29.5 Å². The van der Waals surface area contributed by atoms with Gasteiger partial charge < -0.3 is 9.64 Å². The number of amides is 1. The fourth-order valence-electron chi connectivity index (χ4n) is 3.00. The van der Waals surface area contributed by atoms with Crippen molar-refractivity contribution < 1.29 is 9.53 Å². The van der Waals surface area contributed by atoms with E-state index in [-0.39, 0.29) is 24.0 Å². The minimum absolute atomic E-state index is 0.0965. The Kier molecular flexibility index (Phi) is 5.71. The van der Waals surface area contributed by atoms with E-state index >= 15 is 0 Å². The maximum atomic E-state index is 12.6. The van der Waals surface area contributed by atoms with Gasteiger partial charge in [-0.1, -0.05) is 12.1 Å². The van der Waals surface area contributed by atoms with Gasteiger partial charge in [0.2, 0.25) is 5.91 Å². The molecule has 1 amide bonds. The first-order valence-corrected chi connectivity index (χ1v) is 8.75. The second kappa shape index (κ2) is 7.32. The molecular weight excluding hydrogens is 282 g/mol. The molecule has 1 aromatic carbocycles. The van der Waals surface area contributed by atoms with Crippen LogP contribution in [0.2, 0.25) is 0 Å². The second-order valence-electron chi connectivity index (χ2n) is 5.97. The first-order chi connectivity index (χ1) is 9.99. The minimum atomic E-state index is 0.0965. The molecule has 1 aromatic rings. The summed E-state index contributed by atoms with van der Waals surface area (Å²) in [6, 6.07) is 8.42. The average Bonchev–Trinajstić information content (AvgIpc) is 2.46. The van der Waals surface area contributed by atoms with E-state index in [0.717, 1.165) is 12.8 Å². The van der Waals surface area contributed by atoms with Crippen molar-refractivity contribution in [1.82, 2.24) is 4.90 Å². The van der Waals surface area contributed by atoms with E-state index in [1.54, 1.807) is 11.8 Å². The standard InChI is InChI=1S/C17H25NO2S/c1-12-9-15(10-13(2)20-12)17(19)18(3)11-14-5-7-16(21-4)8-6-14/h5-8,12-13,15H,9-11H2,1-4H3/t12-,13-/m1/s1. The first-order valence-electron chi connectivity index (χ1n) is 7.53. The number of thioether (sulfide) groups is 1. The molecular formula is C17H25NO2S. The Hall–Kier alpha value is -1.00. The lowest BCUT2D eigenvalue weighted by atomic mass is 9.91. The van der Waals surface area contributed by atoms with Crippen molar-refractivity contribution in [2.45, 2.75) is 50.3 Å². The van der Waals surface area contributed by atoms with E-state index < -0.39 is 0 Å². The van der Waals surface area contributed by atoms with Gasteiger partial charge in [-0.3, -0.25) is 4.79 Å². The van der Waals surface area contributed by atoms with Crippen molar-refractivity contribution in [1.29, 1.82) is 0 Å². The SMILES string of the molecule is CSc1ccc(CN(C)C(=O)C2C[C@@H](C)O[C@H](C)C2)cc1. The zero-order valence-corrected chi connectivity index (χ0v) is 14.2. The largest absolute Gasteiger partial charge is 0.376 e. The van der Waals surface area contributed by atoms with Gasteiger partial charge in [0.1, 0.15) is 0 Å². The van der Waals surface area contributed by atoms with Crippen molar-refractivity contribution in [3.63, 3.8) is 0 Å². The molecule has 0 aliphatic carbocycles. The van der Waals surface area contributed by atoms with Gasteiger partial charge in [0, 0.05) is 24.4 Å². The molecule has 21 heavy (non-hydrogen) atoms. The van der Waals surface area contributed by atoms with Crippen LogP contribution >= 0.6 is 11.8 Å². The van der Waals surface area contributed by atoms with Crippen molar-refractivity contribution in [3.05, 3.63) is 29.8 Å². The van der Waals surface area contributed by atoms with Crippen LogP contribution in [-0.4, -0.2) is 36.3 Å². The van der Waals surface area contributed by atoms with E-state index in [2.05, 4.69) is 44.4 Å². The number of hydrogen-bond donors (Lipinski definition) is 0. The second-order valence-corrected chi connectivity index (χ2v) is 6.85. The van der Waals surface area contributed by atoms with Crippen LogP contribution in [0.3, 0.4) is 0 Å². The Morgan fingerprint density at radius 1 is 1.24 bits per heavy atom. The van der Waals surface area contributed by atoms with Gasteiger partial charge in [-0.25, -0.2) is 0 Å². The van der Waals surface area contributed by atoms with Gasteiger partial charge >= 0.3 is 0 Å². The molecule has 0 radical (unpaired) electrons. The molecule has 0 spiro atoms. The third-order valence-electron chi connectivity index (χ3n) is 4.00. The van der Waals surface area contributed by atoms with Gasteiger partial charge in [-0.2, -0.15) is 0 Å². The molecule has 0 saturated carbocycles. The molecule has 0 aromatic heterocycles. The number of ether oxygens (including phenoxy) is 1. The molecule has 116 valence electrons. The molecule has 1 saturated heterocycles. The van der Waals surface area contributed by atoms with Crippen LogP contribution in [-0.2, 0) is 16.1 Å². The minimum Gasteiger partial charge on any atom is -0.376 e. The summed E-state index contributed by atoms with van der Waals surface area (Å²) in [5.41, 5.74) is 1.18. The van der Waals surface area contributed by atoms with E-state index in [1.807, 2.05) is 11.9 Å². The Bertz CT molecular complexity index is 464. The summed E-state index contributed by atoms with van der Waals surface area (Å²) in [6.45, 7) is 4.78. The Labute approximate surface area is 132 Å². The van der Waals surface area contributed by atoms with Crippen molar-refractivity contribution >= 4 is 17.7 Å². The van der Waals surface area contributed by atoms with Gasteiger partial charge in [0.05, 0.1) is 12.2 Å². The van der Waals surface area contributed by atoms with Crippen LogP contribution in [0.4, 0.5) is 0 Å². The number of rotatable bonds is 4. The number of nitrogens with zero attached hydrogens (tertiary/aromatic N) is 1. The summed E-state index contributed by atoms with van der Waals surface area (Å²) in [5.74, 6) is 0.338. The highest BCUT2D eigenvalue weighted by molar-refractivity contribution is 7.98. The number of carbonyl (C=O) groups is 1. The maximum Gasteiger partial charge on any atom is 0.225 e. The van der Waals surface area contributed by atoms with Gasteiger partial charge in [-0.05, 0) is 50.6 Å². The van der Waals surface area contributed by atoms with Gasteiger partial charge in [0.25, 0.3) is 0 Å². The number of carbonyl (C=O) groups excluding carboxylic acids is 1. The van der Waals surface area contributed by atoms with Crippen LogP contribution < -0.4 is 0 Å². The monoisotopic (exact) mass is 307 g/mol. The predicted octanol–water partition coefficient (Wildman–Crippen LogP) is 3.57. The number of hydrogen-bond acceptors (Lipinski definition) is 3. The summed E-state index contributed by atoms with van der Waals surface area (Å²) in [7, 11) is 1.90. The zero-order valence-electron chi connectivity index (χ0n) is 13.3. The smallest absolute Gasteiger partial charge is 0.225 e. The summed E-state index contributed by atoms with van der Waals surface area (Å²) in [4.78, 5) is 15.7. The van der Waals surface area contributed by atoms with Crippen LogP contribution in [0.15, 0.2) is 29.2 Å².